The SMILES string of the molecule is Brc1cc2n(n1)-c1ccccc1CC2. The van der Waals surface area contributed by atoms with Gasteiger partial charge in [0.05, 0.1) is 5.69 Å². The Morgan fingerprint density at radius 3 is 3.00 bits per heavy atom. The van der Waals surface area contributed by atoms with Crippen LogP contribution in [0.2, 0.25) is 0 Å². The van der Waals surface area contributed by atoms with E-state index >= 15 is 0 Å². The lowest BCUT2D eigenvalue weighted by molar-refractivity contribution is 0.734. The van der Waals surface area contributed by atoms with E-state index in [-0.39, 0.29) is 0 Å². The van der Waals surface area contributed by atoms with E-state index in [0.717, 1.165) is 17.4 Å². The molecule has 0 spiro atoms. The fourth-order valence-corrected chi connectivity index (χ4v) is 2.39. The number of aryl methyl sites for hydroxylation is 2. The molecular formula is C11H9BrN2. The summed E-state index contributed by atoms with van der Waals surface area (Å²) in [4.78, 5) is 0. The summed E-state index contributed by atoms with van der Waals surface area (Å²) in [6, 6.07) is 10.5. The molecule has 0 fully saturated rings. The van der Waals surface area contributed by atoms with Crippen molar-refractivity contribution in [1.82, 2.24) is 9.78 Å². The molecule has 1 aromatic carbocycles. The molecule has 2 heterocycles. The smallest absolute Gasteiger partial charge is 0.128 e. The zero-order valence-electron chi connectivity index (χ0n) is 7.57. The molecule has 0 bridgehead atoms. The lowest BCUT2D eigenvalue weighted by Crippen LogP contribution is -2.12. The van der Waals surface area contributed by atoms with Crippen molar-refractivity contribution in [3.63, 3.8) is 0 Å². The van der Waals surface area contributed by atoms with E-state index in [1.54, 1.807) is 0 Å². The van der Waals surface area contributed by atoms with E-state index in [1.807, 2.05) is 4.68 Å². The number of aromatic nitrogens is 2. The molecule has 70 valence electrons. The number of benzene rings is 1. The average Bonchev–Trinajstić information content (AvgIpc) is 2.59. The van der Waals surface area contributed by atoms with Crippen molar-refractivity contribution >= 4 is 15.9 Å². The van der Waals surface area contributed by atoms with E-state index in [2.05, 4.69) is 51.4 Å². The number of hydrogen-bond donors (Lipinski definition) is 0. The standard InChI is InChI=1S/C11H9BrN2/c12-11-7-9-6-5-8-3-1-2-4-10(8)14(9)13-11/h1-4,7H,5-6H2. The molecule has 3 rings (SSSR count). The van der Waals surface area contributed by atoms with Gasteiger partial charge in [-0.05, 0) is 46.5 Å². The second kappa shape index (κ2) is 2.95. The van der Waals surface area contributed by atoms with Gasteiger partial charge in [0.25, 0.3) is 0 Å². The van der Waals surface area contributed by atoms with Crippen molar-refractivity contribution in [3.8, 4) is 5.69 Å². The third-order valence-corrected chi connectivity index (χ3v) is 3.01. The zero-order valence-corrected chi connectivity index (χ0v) is 9.16. The van der Waals surface area contributed by atoms with E-state index in [0.29, 0.717) is 0 Å². The van der Waals surface area contributed by atoms with Gasteiger partial charge in [-0.25, -0.2) is 4.68 Å². The van der Waals surface area contributed by atoms with Gasteiger partial charge in [-0.1, -0.05) is 18.2 Å². The molecule has 2 aromatic rings. The summed E-state index contributed by atoms with van der Waals surface area (Å²) < 4.78 is 2.95. The lowest BCUT2D eigenvalue weighted by Gasteiger charge is -2.17. The monoisotopic (exact) mass is 248 g/mol. The first-order valence-electron chi connectivity index (χ1n) is 4.67. The Hall–Kier alpha value is -1.09. The van der Waals surface area contributed by atoms with Gasteiger partial charge >= 0.3 is 0 Å². The van der Waals surface area contributed by atoms with Crippen LogP contribution < -0.4 is 0 Å². The number of rotatable bonds is 0. The van der Waals surface area contributed by atoms with Crippen LogP contribution in [0.4, 0.5) is 0 Å². The van der Waals surface area contributed by atoms with Gasteiger partial charge in [0, 0.05) is 5.69 Å². The summed E-state index contributed by atoms with van der Waals surface area (Å²) in [5.74, 6) is 0. The maximum absolute atomic E-state index is 4.43. The van der Waals surface area contributed by atoms with Crippen molar-refractivity contribution < 1.29 is 0 Å². The van der Waals surface area contributed by atoms with Crippen molar-refractivity contribution in [2.24, 2.45) is 0 Å². The van der Waals surface area contributed by atoms with E-state index in [9.17, 15) is 0 Å². The molecule has 0 radical (unpaired) electrons. The normalized spacial score (nSPS) is 13.5. The molecule has 1 aliphatic rings. The number of fused-ring (bicyclic) bond motifs is 3. The highest BCUT2D eigenvalue weighted by atomic mass is 79.9. The van der Waals surface area contributed by atoms with E-state index < -0.39 is 0 Å². The number of hydrogen-bond acceptors (Lipinski definition) is 1. The third-order valence-electron chi connectivity index (χ3n) is 2.62. The van der Waals surface area contributed by atoms with Gasteiger partial charge in [0.15, 0.2) is 0 Å². The van der Waals surface area contributed by atoms with Crippen molar-refractivity contribution in [3.05, 3.63) is 46.2 Å². The predicted molar refractivity (Wildman–Crippen MR) is 58.7 cm³/mol. The maximum Gasteiger partial charge on any atom is 0.128 e. The Morgan fingerprint density at radius 2 is 2.07 bits per heavy atom. The molecule has 0 unspecified atom stereocenters. The van der Waals surface area contributed by atoms with Crippen LogP contribution in [0, 0.1) is 0 Å². The molecule has 2 nitrogen and oxygen atoms in total. The van der Waals surface area contributed by atoms with Crippen LogP contribution >= 0.6 is 15.9 Å². The molecule has 0 atom stereocenters. The van der Waals surface area contributed by atoms with Crippen LogP contribution in [0.5, 0.6) is 0 Å². The quantitative estimate of drug-likeness (QED) is 0.701. The lowest BCUT2D eigenvalue weighted by atomic mass is 10.0. The topological polar surface area (TPSA) is 17.8 Å². The van der Waals surface area contributed by atoms with Gasteiger partial charge in [0.2, 0.25) is 0 Å². The van der Waals surface area contributed by atoms with Crippen molar-refractivity contribution in [2.75, 3.05) is 0 Å². The van der Waals surface area contributed by atoms with Crippen LogP contribution in [-0.4, -0.2) is 9.78 Å². The third kappa shape index (κ3) is 1.12. The Labute approximate surface area is 90.7 Å². The minimum atomic E-state index is 0.921. The highest BCUT2D eigenvalue weighted by molar-refractivity contribution is 9.10. The highest BCUT2D eigenvalue weighted by Crippen LogP contribution is 2.25. The highest BCUT2D eigenvalue weighted by Gasteiger charge is 2.16. The first-order chi connectivity index (χ1) is 6.84. The van der Waals surface area contributed by atoms with Gasteiger partial charge in [-0.15, -0.1) is 0 Å². The number of nitrogens with zero attached hydrogens (tertiary/aromatic N) is 2. The second-order valence-electron chi connectivity index (χ2n) is 3.50. The van der Waals surface area contributed by atoms with Gasteiger partial charge in [-0.3, -0.25) is 0 Å². The van der Waals surface area contributed by atoms with Crippen LogP contribution in [0.15, 0.2) is 34.9 Å². The van der Waals surface area contributed by atoms with Gasteiger partial charge in [-0.2, -0.15) is 5.10 Å². The maximum atomic E-state index is 4.43. The predicted octanol–water partition coefficient (Wildman–Crippen LogP) is 2.73. The van der Waals surface area contributed by atoms with Crippen molar-refractivity contribution in [2.45, 2.75) is 12.8 Å². The average molecular weight is 249 g/mol. The van der Waals surface area contributed by atoms with Crippen LogP contribution in [0.1, 0.15) is 11.3 Å². The van der Waals surface area contributed by atoms with Gasteiger partial charge in [0.1, 0.15) is 4.60 Å². The minimum Gasteiger partial charge on any atom is -0.236 e. The Balaban J connectivity index is 2.28. The molecule has 0 amide bonds. The summed E-state index contributed by atoms with van der Waals surface area (Å²) in [5.41, 5.74) is 3.89. The first kappa shape index (κ1) is 8.24. The van der Waals surface area contributed by atoms with E-state index in [1.165, 1.54) is 16.9 Å². The molecule has 0 saturated heterocycles. The molecule has 1 aromatic heterocycles. The molecule has 0 saturated carbocycles. The molecule has 3 heteroatoms. The Bertz CT molecular complexity index is 488. The fraction of sp³-hybridized carbons (Fsp3) is 0.182. The summed E-state index contributed by atoms with van der Waals surface area (Å²) in [5, 5.41) is 4.43. The van der Waals surface area contributed by atoms with E-state index in [4.69, 9.17) is 0 Å². The summed E-state index contributed by atoms with van der Waals surface area (Å²) in [6.45, 7) is 0. The zero-order chi connectivity index (χ0) is 9.54. The molecule has 0 N–H and O–H groups in total. The first-order valence-corrected chi connectivity index (χ1v) is 5.46. The molecular weight excluding hydrogens is 240 g/mol. The second-order valence-corrected chi connectivity index (χ2v) is 4.31. The largest absolute Gasteiger partial charge is 0.236 e. The van der Waals surface area contributed by atoms with Crippen LogP contribution in [0.3, 0.4) is 0 Å². The molecule has 14 heavy (non-hydrogen) atoms. The van der Waals surface area contributed by atoms with Crippen LogP contribution in [0.25, 0.3) is 5.69 Å². The molecule has 1 aliphatic heterocycles. The summed E-state index contributed by atoms with van der Waals surface area (Å²) >= 11 is 3.41. The number of halogens is 1. The minimum absolute atomic E-state index is 0.921. The van der Waals surface area contributed by atoms with Crippen molar-refractivity contribution in [1.29, 1.82) is 0 Å². The van der Waals surface area contributed by atoms with Crippen LogP contribution in [-0.2, 0) is 12.8 Å². The Morgan fingerprint density at radius 1 is 1.21 bits per heavy atom. The summed E-state index contributed by atoms with van der Waals surface area (Å²) in [6.07, 6.45) is 2.20. The molecule has 0 aliphatic carbocycles. The Kier molecular flexibility index (Phi) is 1.74. The number of para-hydroxylation sites is 1. The van der Waals surface area contributed by atoms with Gasteiger partial charge < -0.3 is 0 Å². The fourth-order valence-electron chi connectivity index (χ4n) is 1.97. The summed E-state index contributed by atoms with van der Waals surface area (Å²) in [7, 11) is 0.